The highest BCUT2D eigenvalue weighted by atomic mass is 19.3. The minimum absolute atomic E-state index is 0.0608. The van der Waals surface area contributed by atoms with Crippen molar-refractivity contribution in [2.45, 2.75) is 6.61 Å². The van der Waals surface area contributed by atoms with Gasteiger partial charge in [0.15, 0.2) is 0 Å². The fraction of sp³-hybridized carbons (Fsp3) is 0.250. The molecule has 1 heterocycles. The van der Waals surface area contributed by atoms with Gasteiger partial charge in [0.05, 0.1) is 18.9 Å². The van der Waals surface area contributed by atoms with Crippen LogP contribution in [-0.4, -0.2) is 24.7 Å². The molecular weight excluding hydrogens is 196 g/mol. The predicted molar refractivity (Wildman–Crippen MR) is 42.2 cm³/mol. The molecule has 0 fully saturated rings. The first-order valence-corrected chi connectivity index (χ1v) is 3.61. The van der Waals surface area contributed by atoms with Gasteiger partial charge in [0.25, 0.3) is 0 Å². The molecule has 0 saturated heterocycles. The lowest BCUT2D eigenvalue weighted by atomic mass is 10.3. The molecule has 0 unspecified atom stereocenters. The van der Waals surface area contributed by atoms with Gasteiger partial charge in [-0.2, -0.15) is 8.78 Å². The Morgan fingerprint density at radius 2 is 2.21 bits per heavy atom. The highest BCUT2D eigenvalue weighted by Gasteiger charge is 2.09. The van der Waals surface area contributed by atoms with Crippen LogP contribution >= 0.6 is 0 Å². The van der Waals surface area contributed by atoms with Gasteiger partial charge in [-0.3, -0.25) is 4.98 Å². The van der Waals surface area contributed by atoms with E-state index in [1.54, 1.807) is 0 Å². The van der Waals surface area contributed by atoms with Crippen molar-refractivity contribution in [2.75, 3.05) is 7.11 Å². The largest absolute Gasteiger partial charge is 0.465 e. The molecule has 0 spiro atoms. The molecule has 1 aromatic heterocycles. The Hall–Kier alpha value is -1.72. The van der Waals surface area contributed by atoms with E-state index in [0.717, 1.165) is 12.3 Å². The molecule has 0 N–H and O–H groups in total. The maximum absolute atomic E-state index is 11.8. The Bertz CT molecular complexity index is 330. The zero-order chi connectivity index (χ0) is 10.6. The summed E-state index contributed by atoms with van der Waals surface area (Å²) in [7, 11) is 1.18. The molecule has 0 aliphatic carbocycles. The van der Waals surface area contributed by atoms with Crippen LogP contribution in [0.15, 0.2) is 18.5 Å². The second-order valence-electron chi connectivity index (χ2n) is 2.28. The number of hydrogen-bond donors (Lipinski definition) is 0. The zero-order valence-electron chi connectivity index (χ0n) is 7.24. The normalized spacial score (nSPS) is 10.0. The number of esters is 1. The molecule has 6 heteroatoms. The molecule has 0 amide bonds. The van der Waals surface area contributed by atoms with Crippen LogP contribution in [0, 0.1) is 0 Å². The van der Waals surface area contributed by atoms with Crippen LogP contribution in [0.3, 0.4) is 0 Å². The second-order valence-corrected chi connectivity index (χ2v) is 2.28. The van der Waals surface area contributed by atoms with Crippen LogP contribution in [0.25, 0.3) is 0 Å². The van der Waals surface area contributed by atoms with E-state index in [1.807, 2.05) is 0 Å². The highest BCUT2D eigenvalue weighted by molar-refractivity contribution is 5.89. The lowest BCUT2D eigenvalue weighted by Crippen LogP contribution is -2.05. The van der Waals surface area contributed by atoms with E-state index in [2.05, 4.69) is 14.5 Å². The molecule has 0 aliphatic heterocycles. The predicted octanol–water partition coefficient (Wildman–Crippen LogP) is 1.47. The molecule has 0 atom stereocenters. The quantitative estimate of drug-likeness (QED) is 0.698. The van der Waals surface area contributed by atoms with Crippen molar-refractivity contribution in [1.82, 2.24) is 4.98 Å². The maximum atomic E-state index is 11.8. The summed E-state index contributed by atoms with van der Waals surface area (Å²) in [6, 6.07) is 1.13. The van der Waals surface area contributed by atoms with Gasteiger partial charge >= 0.3 is 12.6 Å². The SMILES string of the molecule is COC(=O)c1cncc(OC(F)F)c1. The van der Waals surface area contributed by atoms with E-state index in [-0.39, 0.29) is 11.3 Å². The van der Waals surface area contributed by atoms with Crippen molar-refractivity contribution in [3.05, 3.63) is 24.0 Å². The van der Waals surface area contributed by atoms with Crippen LogP contribution in [-0.2, 0) is 4.74 Å². The second kappa shape index (κ2) is 4.50. The highest BCUT2D eigenvalue weighted by Crippen LogP contribution is 2.14. The summed E-state index contributed by atoms with van der Waals surface area (Å²) in [5.41, 5.74) is 0.0608. The van der Waals surface area contributed by atoms with Gasteiger partial charge in [-0.25, -0.2) is 4.79 Å². The summed E-state index contributed by atoms with van der Waals surface area (Å²) in [5, 5.41) is 0. The van der Waals surface area contributed by atoms with E-state index >= 15 is 0 Å². The Morgan fingerprint density at radius 3 is 2.79 bits per heavy atom. The van der Waals surface area contributed by atoms with Crippen LogP contribution in [0.4, 0.5) is 8.78 Å². The molecule has 0 aromatic carbocycles. The summed E-state index contributed by atoms with van der Waals surface area (Å²) < 4.78 is 32.0. The van der Waals surface area contributed by atoms with Gasteiger partial charge in [-0.05, 0) is 6.07 Å². The van der Waals surface area contributed by atoms with E-state index in [0.29, 0.717) is 0 Å². The Balaban J connectivity index is 2.84. The van der Waals surface area contributed by atoms with Crippen LogP contribution in [0.2, 0.25) is 0 Å². The molecule has 4 nitrogen and oxygen atoms in total. The van der Waals surface area contributed by atoms with Crippen LogP contribution in [0.5, 0.6) is 5.75 Å². The average molecular weight is 203 g/mol. The van der Waals surface area contributed by atoms with Crippen molar-refractivity contribution in [3.8, 4) is 5.75 Å². The van der Waals surface area contributed by atoms with Crippen molar-refractivity contribution in [2.24, 2.45) is 0 Å². The lowest BCUT2D eigenvalue weighted by Gasteiger charge is -2.04. The van der Waals surface area contributed by atoms with E-state index < -0.39 is 12.6 Å². The van der Waals surface area contributed by atoms with Crippen LogP contribution < -0.4 is 4.74 Å². The standard InChI is InChI=1S/C8H7F2NO3/c1-13-7(12)5-2-6(4-11-3-5)14-8(9)10/h2-4,8H,1H3. The molecule has 0 saturated carbocycles. The van der Waals surface area contributed by atoms with E-state index in [9.17, 15) is 13.6 Å². The van der Waals surface area contributed by atoms with Gasteiger partial charge in [0.1, 0.15) is 5.75 Å². The topological polar surface area (TPSA) is 48.4 Å². The number of rotatable bonds is 3. The van der Waals surface area contributed by atoms with Crippen molar-refractivity contribution >= 4 is 5.97 Å². The lowest BCUT2D eigenvalue weighted by molar-refractivity contribution is -0.0501. The summed E-state index contributed by atoms with van der Waals surface area (Å²) in [4.78, 5) is 14.5. The number of halogens is 2. The Labute approximate surface area is 78.5 Å². The zero-order valence-corrected chi connectivity index (χ0v) is 7.24. The smallest absolute Gasteiger partial charge is 0.387 e. The Morgan fingerprint density at radius 1 is 1.50 bits per heavy atom. The molecule has 0 radical (unpaired) electrons. The van der Waals surface area contributed by atoms with Crippen molar-refractivity contribution in [1.29, 1.82) is 0 Å². The fourth-order valence-electron chi connectivity index (χ4n) is 0.816. The summed E-state index contributed by atoms with van der Waals surface area (Å²) in [6.45, 7) is -2.94. The first-order valence-electron chi connectivity index (χ1n) is 3.61. The van der Waals surface area contributed by atoms with Gasteiger partial charge in [0.2, 0.25) is 0 Å². The van der Waals surface area contributed by atoms with E-state index in [4.69, 9.17) is 0 Å². The minimum Gasteiger partial charge on any atom is -0.465 e. The third-order valence-corrected chi connectivity index (χ3v) is 1.36. The Kier molecular flexibility index (Phi) is 3.33. The maximum Gasteiger partial charge on any atom is 0.387 e. The molecule has 0 bridgehead atoms. The van der Waals surface area contributed by atoms with Gasteiger partial charge in [-0.15, -0.1) is 0 Å². The van der Waals surface area contributed by atoms with Crippen LogP contribution in [0.1, 0.15) is 10.4 Å². The van der Waals surface area contributed by atoms with Crippen molar-refractivity contribution < 1.29 is 23.0 Å². The molecule has 76 valence electrons. The number of methoxy groups -OCH3 is 1. The molecule has 0 aliphatic rings. The summed E-state index contributed by atoms with van der Waals surface area (Å²) in [5.74, 6) is -0.833. The fourth-order valence-corrected chi connectivity index (χ4v) is 0.816. The number of hydrogen-bond acceptors (Lipinski definition) is 4. The number of carbonyl (C=O) groups excluding carboxylic acids is 1. The van der Waals surface area contributed by atoms with Crippen molar-refractivity contribution in [3.63, 3.8) is 0 Å². The number of pyridine rings is 1. The average Bonchev–Trinajstić information content (AvgIpc) is 2.16. The number of aromatic nitrogens is 1. The molecule has 1 aromatic rings. The monoisotopic (exact) mass is 203 g/mol. The first-order chi connectivity index (χ1) is 6.63. The van der Waals surface area contributed by atoms with Gasteiger partial charge < -0.3 is 9.47 Å². The first kappa shape index (κ1) is 10.4. The third kappa shape index (κ3) is 2.65. The number of nitrogens with zero attached hydrogens (tertiary/aromatic N) is 1. The minimum atomic E-state index is -2.94. The molecule has 14 heavy (non-hydrogen) atoms. The van der Waals surface area contributed by atoms with E-state index in [1.165, 1.54) is 13.3 Å². The van der Waals surface area contributed by atoms with Gasteiger partial charge in [0, 0.05) is 6.20 Å². The number of alkyl halides is 2. The molecular formula is C8H7F2NO3. The molecule has 1 rings (SSSR count). The van der Waals surface area contributed by atoms with Gasteiger partial charge in [-0.1, -0.05) is 0 Å². The summed E-state index contributed by atoms with van der Waals surface area (Å²) >= 11 is 0. The number of carbonyl (C=O) groups is 1. The summed E-state index contributed by atoms with van der Waals surface area (Å²) in [6.07, 6.45) is 2.28. The third-order valence-electron chi connectivity index (χ3n) is 1.36. The number of ether oxygens (including phenoxy) is 2.